The molecule has 0 fully saturated rings. The Morgan fingerprint density at radius 1 is 1.50 bits per heavy atom. The van der Waals surface area contributed by atoms with Crippen LogP contribution in [-0.2, 0) is 8.85 Å². The van der Waals surface area contributed by atoms with Crippen LogP contribution in [0.2, 0.25) is 12.6 Å². The second-order valence-corrected chi connectivity index (χ2v) is 6.45. The molecule has 0 aromatic rings. The highest BCUT2D eigenvalue weighted by Crippen LogP contribution is 2.26. The third-order valence-corrected chi connectivity index (χ3v) is 4.58. The van der Waals surface area contributed by atoms with Gasteiger partial charge in [0.25, 0.3) is 0 Å². The zero-order valence-corrected chi connectivity index (χ0v) is 9.52. The molecule has 0 bridgehead atoms. The van der Waals surface area contributed by atoms with Gasteiger partial charge < -0.3 is 8.85 Å². The van der Waals surface area contributed by atoms with E-state index in [2.05, 4.69) is 6.58 Å². The first-order valence-electron chi connectivity index (χ1n) is 4.16. The van der Waals surface area contributed by atoms with Crippen LogP contribution in [0.1, 0.15) is 6.92 Å². The fourth-order valence-electron chi connectivity index (χ4n) is 0.883. The normalized spacial score (nSPS) is 18.7. The largest absolute Gasteiger partial charge is 0.413 e. The Hall–Kier alpha value is -0.333. The Morgan fingerprint density at radius 2 is 2.00 bits per heavy atom. The predicted molar refractivity (Wildman–Crippen MR) is 50.2 cm³/mol. The Morgan fingerprint density at radius 3 is 2.29 bits per heavy atom. The van der Waals surface area contributed by atoms with E-state index in [-0.39, 0.29) is 0 Å². The molecule has 0 saturated heterocycles. The molecule has 0 heterocycles. The molecule has 0 rings (SSSR count). The lowest BCUT2D eigenvalue weighted by Crippen LogP contribution is -2.44. The van der Waals surface area contributed by atoms with Gasteiger partial charge in [0.05, 0.1) is 0 Å². The fourth-order valence-corrected chi connectivity index (χ4v) is 2.65. The van der Waals surface area contributed by atoms with E-state index in [1.54, 1.807) is 6.55 Å². The summed E-state index contributed by atoms with van der Waals surface area (Å²) in [5.41, 5.74) is 0. The first-order chi connectivity index (χ1) is 6.25. The summed E-state index contributed by atoms with van der Waals surface area (Å²) in [6.07, 6.45) is -4.62. The SMILES string of the molecule is C=CC[Si](C)(OC)OC(C)C(F)(F)F. The summed E-state index contributed by atoms with van der Waals surface area (Å²) >= 11 is 0. The summed E-state index contributed by atoms with van der Waals surface area (Å²) in [6.45, 7) is 6.02. The molecule has 0 saturated carbocycles. The van der Waals surface area contributed by atoms with Crippen LogP contribution in [0.25, 0.3) is 0 Å². The molecule has 0 radical (unpaired) electrons. The third kappa shape index (κ3) is 4.25. The molecule has 2 unspecified atom stereocenters. The van der Waals surface area contributed by atoms with Gasteiger partial charge in [-0.15, -0.1) is 6.58 Å². The number of allylic oxidation sites excluding steroid dienone is 1. The second-order valence-electron chi connectivity index (χ2n) is 3.13. The van der Waals surface area contributed by atoms with E-state index in [9.17, 15) is 13.2 Å². The summed E-state index contributed by atoms with van der Waals surface area (Å²) in [4.78, 5) is 0. The average Bonchev–Trinajstić information content (AvgIpc) is 2.03. The van der Waals surface area contributed by atoms with E-state index in [4.69, 9.17) is 8.85 Å². The molecule has 0 amide bonds. The minimum absolute atomic E-state index is 0.337. The van der Waals surface area contributed by atoms with E-state index >= 15 is 0 Å². The van der Waals surface area contributed by atoms with Crippen molar-refractivity contribution in [1.29, 1.82) is 0 Å². The number of hydrogen-bond acceptors (Lipinski definition) is 2. The maximum Gasteiger partial charge on any atom is 0.413 e. The summed E-state index contributed by atoms with van der Waals surface area (Å²) < 4.78 is 46.4. The first-order valence-corrected chi connectivity index (χ1v) is 6.68. The van der Waals surface area contributed by atoms with Crippen molar-refractivity contribution in [3.8, 4) is 0 Å². The molecule has 0 spiro atoms. The summed E-state index contributed by atoms with van der Waals surface area (Å²) in [5.74, 6) is 0. The second kappa shape index (κ2) is 4.95. The lowest BCUT2D eigenvalue weighted by molar-refractivity contribution is -0.195. The van der Waals surface area contributed by atoms with Crippen molar-refractivity contribution in [2.24, 2.45) is 0 Å². The lowest BCUT2D eigenvalue weighted by Gasteiger charge is -2.28. The van der Waals surface area contributed by atoms with Gasteiger partial charge in [-0.2, -0.15) is 13.2 Å². The predicted octanol–water partition coefficient (Wildman–Crippen LogP) is 2.86. The Kier molecular flexibility index (Phi) is 4.83. The van der Waals surface area contributed by atoms with Crippen LogP contribution in [-0.4, -0.2) is 28.0 Å². The van der Waals surface area contributed by atoms with E-state index in [0.29, 0.717) is 6.04 Å². The minimum Gasteiger partial charge on any atom is -0.398 e. The van der Waals surface area contributed by atoms with E-state index in [1.165, 1.54) is 13.2 Å². The van der Waals surface area contributed by atoms with Gasteiger partial charge in [-0.05, 0) is 13.5 Å². The van der Waals surface area contributed by atoms with Crippen LogP contribution in [0.15, 0.2) is 12.7 Å². The van der Waals surface area contributed by atoms with E-state index < -0.39 is 20.8 Å². The zero-order valence-electron chi connectivity index (χ0n) is 8.52. The molecule has 14 heavy (non-hydrogen) atoms. The quantitative estimate of drug-likeness (QED) is 0.532. The Labute approximate surface area is 83.0 Å². The average molecular weight is 228 g/mol. The maximum atomic E-state index is 12.2. The highest BCUT2D eigenvalue weighted by molar-refractivity contribution is 6.66. The van der Waals surface area contributed by atoms with Gasteiger partial charge in [-0.25, -0.2) is 0 Å². The van der Waals surface area contributed by atoms with E-state index in [0.717, 1.165) is 6.92 Å². The van der Waals surface area contributed by atoms with Crippen LogP contribution in [0, 0.1) is 0 Å². The lowest BCUT2D eigenvalue weighted by atomic mass is 10.4. The molecule has 0 N–H and O–H groups in total. The van der Waals surface area contributed by atoms with Crippen LogP contribution in [0.3, 0.4) is 0 Å². The molecular formula is C8H15F3O2Si. The maximum absolute atomic E-state index is 12.2. The standard InChI is InChI=1S/C8H15F3O2Si/c1-5-6-14(4,12-3)13-7(2)8(9,10)11/h5,7H,1,6H2,2-4H3. The molecule has 2 nitrogen and oxygen atoms in total. The molecule has 0 aliphatic carbocycles. The van der Waals surface area contributed by atoms with Crippen molar-refractivity contribution < 1.29 is 22.0 Å². The van der Waals surface area contributed by atoms with Gasteiger partial charge in [-0.1, -0.05) is 6.08 Å². The van der Waals surface area contributed by atoms with Gasteiger partial charge in [-0.3, -0.25) is 0 Å². The van der Waals surface area contributed by atoms with Crippen molar-refractivity contribution in [3.05, 3.63) is 12.7 Å². The number of hydrogen-bond donors (Lipinski definition) is 0. The summed E-state index contributed by atoms with van der Waals surface area (Å²) in [6, 6.07) is 0.337. The number of halogens is 3. The number of alkyl halides is 3. The molecule has 0 aliphatic heterocycles. The molecule has 0 aromatic carbocycles. The van der Waals surface area contributed by atoms with E-state index in [1.807, 2.05) is 0 Å². The minimum atomic E-state index is -4.34. The van der Waals surface area contributed by atoms with Gasteiger partial charge in [0.2, 0.25) is 0 Å². The van der Waals surface area contributed by atoms with Crippen LogP contribution in [0.4, 0.5) is 13.2 Å². The van der Waals surface area contributed by atoms with Crippen molar-refractivity contribution in [2.75, 3.05) is 7.11 Å². The fraction of sp³-hybridized carbons (Fsp3) is 0.750. The van der Waals surface area contributed by atoms with Crippen LogP contribution < -0.4 is 0 Å². The first kappa shape index (κ1) is 13.7. The molecule has 2 atom stereocenters. The molecule has 0 aliphatic rings. The van der Waals surface area contributed by atoms with Gasteiger partial charge in [0.15, 0.2) is 0 Å². The van der Waals surface area contributed by atoms with Gasteiger partial charge in [0, 0.05) is 13.2 Å². The van der Waals surface area contributed by atoms with Crippen molar-refractivity contribution in [3.63, 3.8) is 0 Å². The zero-order chi connectivity index (χ0) is 11.4. The highest BCUT2D eigenvalue weighted by Gasteiger charge is 2.42. The Balaban J connectivity index is 4.38. The summed E-state index contributed by atoms with van der Waals surface area (Å²) in [7, 11) is -1.37. The Bertz CT molecular complexity index is 196. The van der Waals surface area contributed by atoms with Gasteiger partial charge >= 0.3 is 14.7 Å². The number of rotatable bonds is 5. The summed E-state index contributed by atoms with van der Waals surface area (Å²) in [5, 5.41) is 0. The van der Waals surface area contributed by atoms with Crippen molar-refractivity contribution >= 4 is 8.56 Å². The third-order valence-electron chi connectivity index (χ3n) is 1.83. The van der Waals surface area contributed by atoms with Crippen LogP contribution in [0.5, 0.6) is 0 Å². The molecular weight excluding hydrogens is 213 g/mol. The molecule has 6 heteroatoms. The monoisotopic (exact) mass is 228 g/mol. The topological polar surface area (TPSA) is 18.5 Å². The van der Waals surface area contributed by atoms with Crippen molar-refractivity contribution in [2.45, 2.75) is 31.8 Å². The van der Waals surface area contributed by atoms with Gasteiger partial charge in [0.1, 0.15) is 6.10 Å². The molecule has 0 aromatic heterocycles. The molecule has 84 valence electrons. The van der Waals surface area contributed by atoms with Crippen LogP contribution >= 0.6 is 0 Å². The van der Waals surface area contributed by atoms with Crippen molar-refractivity contribution in [1.82, 2.24) is 0 Å². The highest BCUT2D eigenvalue weighted by atomic mass is 28.4. The smallest absolute Gasteiger partial charge is 0.398 e.